The number of hydrogen-bond donors (Lipinski definition) is 0. The van der Waals surface area contributed by atoms with Gasteiger partial charge in [0.2, 0.25) is 5.91 Å². The molecule has 0 N–H and O–H groups in total. The van der Waals surface area contributed by atoms with Crippen molar-refractivity contribution in [1.29, 1.82) is 0 Å². The summed E-state index contributed by atoms with van der Waals surface area (Å²) in [6.45, 7) is 5.05. The van der Waals surface area contributed by atoms with Gasteiger partial charge in [0, 0.05) is 12.4 Å². The Morgan fingerprint density at radius 2 is 2.23 bits per heavy atom. The molecule has 0 radical (unpaired) electrons. The predicted molar refractivity (Wildman–Crippen MR) is 58.2 cm³/mol. The van der Waals surface area contributed by atoms with E-state index in [9.17, 15) is 4.79 Å². The summed E-state index contributed by atoms with van der Waals surface area (Å²) < 4.78 is 0. The number of nitrogens with zero attached hydrogens (tertiary/aromatic N) is 1. The van der Waals surface area contributed by atoms with E-state index in [1.807, 2.05) is 4.90 Å². The Hall–Kier alpha value is 0.110. The van der Waals surface area contributed by atoms with Gasteiger partial charge in [-0.15, -0.1) is 23.4 Å². The van der Waals surface area contributed by atoms with Crippen LogP contribution in [0.5, 0.6) is 0 Å². The topological polar surface area (TPSA) is 20.3 Å². The fourth-order valence-corrected chi connectivity index (χ4v) is 2.62. The second-order valence-electron chi connectivity index (χ2n) is 3.68. The highest BCUT2D eigenvalue weighted by Gasteiger charge is 2.37. The Morgan fingerprint density at radius 1 is 1.54 bits per heavy atom. The number of rotatable bonds is 4. The molecule has 0 atom stereocenters. The van der Waals surface area contributed by atoms with Crippen LogP contribution < -0.4 is 0 Å². The third-order valence-electron chi connectivity index (χ3n) is 2.27. The molecule has 0 aromatic heterocycles. The van der Waals surface area contributed by atoms with Crippen molar-refractivity contribution < 1.29 is 4.79 Å². The summed E-state index contributed by atoms with van der Waals surface area (Å²) >= 11 is 7.30. The van der Waals surface area contributed by atoms with Gasteiger partial charge < -0.3 is 4.90 Å². The number of halogens is 1. The Kier molecular flexibility index (Phi) is 3.92. The average Bonchev–Trinajstić information content (AvgIpc) is 2.31. The standard InChI is InChI=1S/C9H16ClNOS/c1-9(2)11(6-4-3-5-10)8(12)7-13-9/h3-7H2,1-2H3. The van der Waals surface area contributed by atoms with E-state index in [2.05, 4.69) is 13.8 Å². The van der Waals surface area contributed by atoms with Gasteiger partial charge in [0.25, 0.3) is 0 Å². The molecule has 1 saturated heterocycles. The van der Waals surface area contributed by atoms with Crippen LogP contribution in [-0.2, 0) is 4.79 Å². The van der Waals surface area contributed by atoms with Crippen LogP contribution in [0.3, 0.4) is 0 Å². The van der Waals surface area contributed by atoms with Crippen molar-refractivity contribution in [3.05, 3.63) is 0 Å². The summed E-state index contributed by atoms with van der Waals surface area (Å²) in [5.74, 6) is 1.59. The molecular weight excluding hydrogens is 206 g/mol. The first-order valence-electron chi connectivity index (χ1n) is 4.58. The zero-order valence-corrected chi connectivity index (χ0v) is 9.75. The number of amides is 1. The van der Waals surface area contributed by atoms with Crippen LogP contribution in [-0.4, -0.2) is 33.9 Å². The first-order valence-corrected chi connectivity index (χ1v) is 6.10. The molecule has 0 saturated carbocycles. The molecule has 0 bridgehead atoms. The van der Waals surface area contributed by atoms with Gasteiger partial charge in [0.15, 0.2) is 0 Å². The summed E-state index contributed by atoms with van der Waals surface area (Å²) in [6.07, 6.45) is 2.01. The third-order valence-corrected chi connectivity index (χ3v) is 3.85. The van der Waals surface area contributed by atoms with Crippen LogP contribution in [0.4, 0.5) is 0 Å². The second-order valence-corrected chi connectivity index (χ2v) is 5.63. The lowest BCUT2D eigenvalue weighted by molar-refractivity contribution is -0.129. The van der Waals surface area contributed by atoms with Gasteiger partial charge in [-0.25, -0.2) is 0 Å². The monoisotopic (exact) mass is 221 g/mol. The lowest BCUT2D eigenvalue weighted by atomic mass is 10.2. The van der Waals surface area contributed by atoms with Gasteiger partial charge in [-0.2, -0.15) is 0 Å². The molecule has 1 fully saturated rings. The predicted octanol–water partition coefficient (Wildman–Crippen LogP) is 2.32. The highest BCUT2D eigenvalue weighted by atomic mass is 35.5. The maximum absolute atomic E-state index is 11.5. The van der Waals surface area contributed by atoms with Crippen LogP contribution in [0.1, 0.15) is 26.7 Å². The van der Waals surface area contributed by atoms with Gasteiger partial charge in [-0.3, -0.25) is 4.79 Å². The molecule has 0 unspecified atom stereocenters. The molecular formula is C9H16ClNOS. The Labute approximate surface area is 89.0 Å². The van der Waals surface area contributed by atoms with Gasteiger partial charge in [0.1, 0.15) is 0 Å². The first kappa shape index (κ1) is 11.2. The number of carbonyl (C=O) groups excluding carboxylic acids is 1. The van der Waals surface area contributed by atoms with Crippen LogP contribution in [0, 0.1) is 0 Å². The quantitative estimate of drug-likeness (QED) is 0.537. The van der Waals surface area contributed by atoms with Crippen molar-refractivity contribution >= 4 is 29.3 Å². The normalized spacial score (nSPS) is 21.2. The zero-order valence-electron chi connectivity index (χ0n) is 8.18. The number of alkyl halides is 1. The van der Waals surface area contributed by atoms with Gasteiger partial charge in [-0.1, -0.05) is 0 Å². The number of carbonyl (C=O) groups is 1. The van der Waals surface area contributed by atoms with Crippen molar-refractivity contribution in [3.8, 4) is 0 Å². The maximum atomic E-state index is 11.5. The highest BCUT2D eigenvalue weighted by molar-refractivity contribution is 8.01. The number of thioether (sulfide) groups is 1. The minimum Gasteiger partial charge on any atom is -0.328 e. The zero-order chi connectivity index (χ0) is 9.90. The van der Waals surface area contributed by atoms with E-state index >= 15 is 0 Å². The van der Waals surface area contributed by atoms with Crippen LogP contribution in [0.2, 0.25) is 0 Å². The third kappa shape index (κ3) is 2.78. The smallest absolute Gasteiger partial charge is 0.233 e. The molecule has 1 aliphatic heterocycles. The molecule has 0 aromatic carbocycles. The maximum Gasteiger partial charge on any atom is 0.233 e. The van der Waals surface area contributed by atoms with Crippen LogP contribution in [0.15, 0.2) is 0 Å². The molecule has 0 aliphatic carbocycles. The van der Waals surface area contributed by atoms with Gasteiger partial charge in [0.05, 0.1) is 10.6 Å². The highest BCUT2D eigenvalue weighted by Crippen LogP contribution is 2.35. The van der Waals surface area contributed by atoms with E-state index in [0.717, 1.165) is 19.4 Å². The van der Waals surface area contributed by atoms with Crippen molar-refractivity contribution in [2.75, 3.05) is 18.2 Å². The largest absolute Gasteiger partial charge is 0.328 e. The minimum atomic E-state index is -0.0105. The first-order chi connectivity index (χ1) is 6.08. The summed E-state index contributed by atoms with van der Waals surface area (Å²) in [5.41, 5.74) is 0. The molecule has 1 amide bonds. The Morgan fingerprint density at radius 3 is 2.69 bits per heavy atom. The molecule has 4 heteroatoms. The summed E-state index contributed by atoms with van der Waals surface area (Å²) in [4.78, 5) is 13.4. The minimum absolute atomic E-state index is 0.0105. The number of unbranched alkanes of at least 4 members (excludes halogenated alkanes) is 1. The summed E-state index contributed by atoms with van der Waals surface area (Å²) in [5, 5.41) is 0. The summed E-state index contributed by atoms with van der Waals surface area (Å²) in [6, 6.07) is 0. The SMILES string of the molecule is CC1(C)SCC(=O)N1CCCCCl. The molecule has 13 heavy (non-hydrogen) atoms. The van der Waals surface area contributed by atoms with E-state index in [1.165, 1.54) is 0 Å². The van der Waals surface area contributed by atoms with Crippen LogP contribution in [0.25, 0.3) is 0 Å². The van der Waals surface area contributed by atoms with E-state index < -0.39 is 0 Å². The number of hydrogen-bond acceptors (Lipinski definition) is 2. The van der Waals surface area contributed by atoms with E-state index in [-0.39, 0.29) is 10.8 Å². The van der Waals surface area contributed by atoms with E-state index in [1.54, 1.807) is 11.8 Å². The molecule has 1 heterocycles. The van der Waals surface area contributed by atoms with Gasteiger partial charge >= 0.3 is 0 Å². The molecule has 0 aromatic rings. The Bertz CT molecular complexity index is 196. The lowest BCUT2D eigenvalue weighted by Crippen LogP contribution is -2.40. The fourth-order valence-electron chi connectivity index (χ4n) is 1.45. The van der Waals surface area contributed by atoms with E-state index in [0.29, 0.717) is 11.6 Å². The lowest BCUT2D eigenvalue weighted by Gasteiger charge is -2.30. The van der Waals surface area contributed by atoms with Crippen molar-refractivity contribution in [2.24, 2.45) is 0 Å². The molecule has 1 aliphatic rings. The molecule has 0 spiro atoms. The van der Waals surface area contributed by atoms with Crippen molar-refractivity contribution in [2.45, 2.75) is 31.6 Å². The molecule has 76 valence electrons. The second kappa shape index (κ2) is 4.56. The molecule has 2 nitrogen and oxygen atoms in total. The summed E-state index contributed by atoms with van der Waals surface area (Å²) in [7, 11) is 0. The van der Waals surface area contributed by atoms with Crippen molar-refractivity contribution in [1.82, 2.24) is 4.90 Å². The van der Waals surface area contributed by atoms with Crippen LogP contribution >= 0.6 is 23.4 Å². The Balaban J connectivity index is 2.41. The molecule has 1 rings (SSSR count). The van der Waals surface area contributed by atoms with Crippen molar-refractivity contribution in [3.63, 3.8) is 0 Å². The van der Waals surface area contributed by atoms with Gasteiger partial charge in [-0.05, 0) is 26.7 Å². The van der Waals surface area contributed by atoms with E-state index in [4.69, 9.17) is 11.6 Å². The fraction of sp³-hybridized carbons (Fsp3) is 0.889. The average molecular weight is 222 g/mol.